The highest BCUT2D eigenvalue weighted by Gasteiger charge is 1.92. The van der Waals surface area contributed by atoms with E-state index in [0.29, 0.717) is 0 Å². The van der Waals surface area contributed by atoms with Crippen LogP contribution in [-0.4, -0.2) is 16.4 Å². The Kier molecular flexibility index (Phi) is 14.2. The van der Waals surface area contributed by atoms with Crippen LogP contribution < -0.4 is 11.7 Å². The molecule has 0 aromatic heterocycles. The number of hydrogen-bond donors (Lipinski definition) is 4. The zero-order valence-corrected chi connectivity index (χ0v) is 5.79. The first-order valence-corrected chi connectivity index (χ1v) is 3.19. The van der Waals surface area contributed by atoms with Gasteiger partial charge in [0, 0.05) is 0 Å². The highest BCUT2D eigenvalue weighted by atomic mass is 31.2. The Morgan fingerprint density at radius 3 is 2.11 bits per heavy atom. The molecule has 9 heavy (non-hydrogen) atoms. The molecule has 0 rings (SSSR count). The molecule has 0 aliphatic carbocycles. The summed E-state index contributed by atoms with van der Waals surface area (Å²) in [6.45, 7) is 3.49. The third-order valence-electron chi connectivity index (χ3n) is 0.308. The Morgan fingerprint density at radius 1 is 1.56 bits per heavy atom. The first-order chi connectivity index (χ1) is 4.27. The van der Waals surface area contributed by atoms with Crippen LogP contribution in [0.1, 0.15) is 0 Å². The smallest absolute Gasteiger partial charge is 0.327 e. The van der Waals surface area contributed by atoms with E-state index in [4.69, 9.17) is 9.79 Å². The minimum atomic E-state index is -2.18. The largest absolute Gasteiger partial charge is 0.328 e. The van der Waals surface area contributed by atoms with E-state index < -0.39 is 8.60 Å². The second-order valence-corrected chi connectivity index (χ2v) is 1.60. The molecule has 0 saturated carbocycles. The second-order valence-electron chi connectivity index (χ2n) is 0.837. The fourth-order valence-corrected chi connectivity index (χ4v) is 0.358. The lowest BCUT2D eigenvalue weighted by Crippen LogP contribution is -2.02. The monoisotopic (exact) mass is 154 g/mol. The van der Waals surface area contributed by atoms with Crippen LogP contribution in [0.15, 0.2) is 12.7 Å². The van der Waals surface area contributed by atoms with Crippen molar-refractivity contribution in [3.05, 3.63) is 12.7 Å². The predicted molar refractivity (Wildman–Crippen MR) is 35.9 cm³/mol. The normalized spacial score (nSPS) is 8.11. The zero-order valence-electron chi connectivity index (χ0n) is 4.90. The molecule has 0 spiro atoms. The standard InChI is InChI=1S/C3H7O3P.H4N2/c1-2-3-6-7(4)5;1-2/h2,4-5H,1,3H2;1-2H2. The minimum absolute atomic E-state index is 0.193. The number of rotatable bonds is 3. The highest BCUT2D eigenvalue weighted by Crippen LogP contribution is 2.23. The zero-order chi connectivity index (χ0) is 7.70. The van der Waals surface area contributed by atoms with Gasteiger partial charge in [-0.3, -0.25) is 11.7 Å². The van der Waals surface area contributed by atoms with Crippen LogP contribution in [0.25, 0.3) is 0 Å². The molecule has 0 bridgehead atoms. The molecule has 0 aliphatic rings. The van der Waals surface area contributed by atoms with Gasteiger partial charge in [0.2, 0.25) is 0 Å². The van der Waals surface area contributed by atoms with E-state index in [1.165, 1.54) is 6.08 Å². The summed E-state index contributed by atoms with van der Waals surface area (Å²) in [5.74, 6) is 8.00. The lowest BCUT2D eigenvalue weighted by molar-refractivity contribution is 0.282. The molecule has 6 heteroatoms. The van der Waals surface area contributed by atoms with Crippen LogP contribution in [0, 0.1) is 0 Å². The Morgan fingerprint density at radius 2 is 2.00 bits per heavy atom. The van der Waals surface area contributed by atoms with Crippen LogP contribution in [0.5, 0.6) is 0 Å². The molecule has 5 nitrogen and oxygen atoms in total. The van der Waals surface area contributed by atoms with Gasteiger partial charge in [0.1, 0.15) is 0 Å². The van der Waals surface area contributed by atoms with Gasteiger partial charge in [-0.2, -0.15) is 0 Å². The van der Waals surface area contributed by atoms with Gasteiger partial charge in [-0.1, -0.05) is 6.08 Å². The van der Waals surface area contributed by atoms with Crippen molar-refractivity contribution in [2.45, 2.75) is 0 Å². The van der Waals surface area contributed by atoms with E-state index >= 15 is 0 Å². The first-order valence-electron chi connectivity index (χ1n) is 2.02. The summed E-state index contributed by atoms with van der Waals surface area (Å²) in [4.78, 5) is 16.1. The molecule has 0 aromatic rings. The van der Waals surface area contributed by atoms with Crippen molar-refractivity contribution in [2.24, 2.45) is 11.7 Å². The number of hydrogen-bond acceptors (Lipinski definition) is 5. The van der Waals surface area contributed by atoms with Crippen LogP contribution in [0.3, 0.4) is 0 Å². The van der Waals surface area contributed by atoms with Crippen LogP contribution in [-0.2, 0) is 4.52 Å². The average molecular weight is 154 g/mol. The van der Waals surface area contributed by atoms with E-state index in [2.05, 4.69) is 22.8 Å². The van der Waals surface area contributed by atoms with Crippen molar-refractivity contribution in [1.82, 2.24) is 0 Å². The second kappa shape index (κ2) is 10.9. The van der Waals surface area contributed by atoms with Gasteiger partial charge >= 0.3 is 8.60 Å². The summed E-state index contributed by atoms with van der Waals surface area (Å²) in [6, 6.07) is 0. The van der Waals surface area contributed by atoms with E-state index in [0.717, 1.165) is 0 Å². The maximum absolute atomic E-state index is 8.03. The van der Waals surface area contributed by atoms with E-state index in [-0.39, 0.29) is 6.61 Å². The summed E-state index contributed by atoms with van der Waals surface area (Å²) in [6.07, 6.45) is 1.45. The van der Waals surface area contributed by atoms with Crippen molar-refractivity contribution in [3.8, 4) is 0 Å². The van der Waals surface area contributed by atoms with E-state index in [1.807, 2.05) is 0 Å². The van der Waals surface area contributed by atoms with Gasteiger partial charge in [0.05, 0.1) is 6.61 Å². The fraction of sp³-hybridized carbons (Fsp3) is 0.333. The maximum Gasteiger partial charge on any atom is 0.327 e. The Bertz CT molecular complexity index is 61.0. The number of hydrazine groups is 1. The lowest BCUT2D eigenvalue weighted by atomic mass is 10.7. The Balaban J connectivity index is 0. The molecule has 0 atom stereocenters. The molecule has 0 aliphatic heterocycles. The van der Waals surface area contributed by atoms with E-state index in [9.17, 15) is 0 Å². The third kappa shape index (κ3) is 18.0. The first kappa shape index (κ1) is 11.7. The summed E-state index contributed by atoms with van der Waals surface area (Å²) in [5, 5.41) is 0. The molecule has 0 unspecified atom stereocenters. The molecule has 0 radical (unpaired) electrons. The molecule has 0 amide bonds. The van der Waals surface area contributed by atoms with Crippen LogP contribution >= 0.6 is 8.60 Å². The SMILES string of the molecule is C=CCOP(O)O.NN. The molecule has 0 saturated heterocycles. The molecule has 56 valence electrons. The van der Waals surface area contributed by atoms with Gasteiger partial charge in [-0.15, -0.1) is 6.58 Å². The van der Waals surface area contributed by atoms with Crippen molar-refractivity contribution >= 4 is 8.60 Å². The average Bonchev–Trinajstić information content (AvgIpc) is 1.88. The van der Waals surface area contributed by atoms with E-state index in [1.54, 1.807) is 0 Å². The van der Waals surface area contributed by atoms with Crippen molar-refractivity contribution in [3.63, 3.8) is 0 Å². The van der Waals surface area contributed by atoms with Crippen LogP contribution in [0.2, 0.25) is 0 Å². The Labute approximate surface area is 54.9 Å². The molecule has 6 N–H and O–H groups in total. The highest BCUT2D eigenvalue weighted by molar-refractivity contribution is 7.39. The molecule has 0 heterocycles. The quantitative estimate of drug-likeness (QED) is 0.185. The van der Waals surface area contributed by atoms with Crippen molar-refractivity contribution in [2.75, 3.05) is 6.61 Å². The van der Waals surface area contributed by atoms with Gasteiger partial charge in [-0.05, 0) is 0 Å². The molecule has 0 aromatic carbocycles. The third-order valence-corrected chi connectivity index (χ3v) is 0.688. The molecular formula is C3H11N2O3P. The van der Waals surface area contributed by atoms with Gasteiger partial charge in [0.25, 0.3) is 0 Å². The van der Waals surface area contributed by atoms with Crippen molar-refractivity contribution < 1.29 is 14.3 Å². The Hall–Kier alpha value is -0.0300. The van der Waals surface area contributed by atoms with Gasteiger partial charge in [-0.25, -0.2) is 0 Å². The fourth-order valence-electron chi connectivity index (χ4n) is 0.119. The lowest BCUT2D eigenvalue weighted by Gasteiger charge is -1.96. The molecule has 0 fully saturated rings. The predicted octanol–water partition coefficient (Wildman–Crippen LogP) is -0.781. The summed E-state index contributed by atoms with van der Waals surface area (Å²) in [7, 11) is -2.18. The minimum Gasteiger partial charge on any atom is -0.328 e. The molecular weight excluding hydrogens is 143 g/mol. The summed E-state index contributed by atoms with van der Waals surface area (Å²) in [5.41, 5.74) is 0. The van der Waals surface area contributed by atoms with Crippen LogP contribution in [0.4, 0.5) is 0 Å². The van der Waals surface area contributed by atoms with Crippen molar-refractivity contribution in [1.29, 1.82) is 0 Å². The summed E-state index contributed by atoms with van der Waals surface area (Å²) < 4.78 is 4.25. The van der Waals surface area contributed by atoms with Gasteiger partial charge in [0.15, 0.2) is 0 Å². The summed E-state index contributed by atoms with van der Waals surface area (Å²) >= 11 is 0. The topological polar surface area (TPSA) is 102 Å². The maximum atomic E-state index is 8.03. The van der Waals surface area contributed by atoms with Gasteiger partial charge < -0.3 is 14.3 Å². The number of nitrogens with two attached hydrogens (primary N) is 2.